The molecule has 0 aromatic rings. The van der Waals surface area contributed by atoms with Gasteiger partial charge >= 0.3 is 6.09 Å². The summed E-state index contributed by atoms with van der Waals surface area (Å²) in [4.78, 5) is 21.3. The Balaban J connectivity index is 0.00000784. The summed E-state index contributed by atoms with van der Waals surface area (Å²) in [5.74, 6) is 1.50. The van der Waals surface area contributed by atoms with Gasteiger partial charge in [-0.15, -0.1) is 24.0 Å². The molecule has 0 unspecified atom stereocenters. The van der Waals surface area contributed by atoms with Crippen molar-refractivity contribution in [2.45, 2.75) is 66.4 Å². The highest BCUT2D eigenvalue weighted by atomic mass is 127. The maximum Gasteiger partial charge on any atom is 0.410 e. The summed E-state index contributed by atoms with van der Waals surface area (Å²) in [6.45, 7) is 18.4. The molecule has 1 aliphatic rings. The summed E-state index contributed by atoms with van der Waals surface area (Å²) < 4.78 is 10.9. The van der Waals surface area contributed by atoms with Crippen molar-refractivity contribution in [3.05, 3.63) is 0 Å². The van der Waals surface area contributed by atoms with Gasteiger partial charge in [0.2, 0.25) is 0 Å². The Kier molecular flexibility index (Phi) is 14.7. The highest BCUT2D eigenvalue weighted by molar-refractivity contribution is 14.0. The van der Waals surface area contributed by atoms with Crippen LogP contribution in [0.25, 0.3) is 0 Å². The molecule has 29 heavy (non-hydrogen) atoms. The summed E-state index contributed by atoms with van der Waals surface area (Å²) in [6.07, 6.45) is 2.85. The Labute approximate surface area is 195 Å². The van der Waals surface area contributed by atoms with Crippen LogP contribution in [0.1, 0.15) is 60.8 Å². The number of piperidine rings is 1. The van der Waals surface area contributed by atoms with E-state index in [1.54, 1.807) is 0 Å². The monoisotopic (exact) mass is 526 g/mol. The van der Waals surface area contributed by atoms with Gasteiger partial charge in [-0.2, -0.15) is 0 Å². The molecule has 0 radical (unpaired) electrons. The number of aliphatic imine (C=N–C) groups is 1. The van der Waals surface area contributed by atoms with Gasteiger partial charge in [0.1, 0.15) is 5.60 Å². The number of hydrogen-bond donors (Lipinski definition) is 1. The highest BCUT2D eigenvalue weighted by Crippen LogP contribution is 2.20. The minimum atomic E-state index is -0.451. The quantitative estimate of drug-likeness (QED) is 0.213. The van der Waals surface area contributed by atoms with Crippen LogP contribution < -0.4 is 5.32 Å². The lowest BCUT2D eigenvalue weighted by Gasteiger charge is -2.36. The van der Waals surface area contributed by atoms with Crippen LogP contribution in [0.4, 0.5) is 4.79 Å². The third-order valence-corrected chi connectivity index (χ3v) is 4.67. The number of guanidine groups is 1. The standard InChI is InChI=1S/C21H42N4O3.HI/c1-7-22-19(23-13-10-16-27-9-3)25-14-11-18(12-15-25)17-24(8-2)20(26)28-21(4,5)6;/h18H,7-17H2,1-6H3,(H,22,23);1H. The van der Waals surface area contributed by atoms with Crippen LogP contribution in [0.15, 0.2) is 4.99 Å². The van der Waals surface area contributed by atoms with Crippen molar-refractivity contribution in [3.8, 4) is 0 Å². The van der Waals surface area contributed by atoms with E-state index in [2.05, 4.69) is 17.1 Å². The van der Waals surface area contributed by atoms with Gasteiger partial charge in [0, 0.05) is 52.5 Å². The Morgan fingerprint density at radius 2 is 1.86 bits per heavy atom. The van der Waals surface area contributed by atoms with Gasteiger partial charge in [0.15, 0.2) is 5.96 Å². The zero-order chi connectivity index (χ0) is 21.0. The first-order valence-corrected chi connectivity index (χ1v) is 10.9. The predicted octanol–water partition coefficient (Wildman–Crippen LogP) is 3.97. The van der Waals surface area contributed by atoms with Crippen molar-refractivity contribution >= 4 is 36.0 Å². The number of hydrogen-bond acceptors (Lipinski definition) is 4. The number of carbonyl (C=O) groups is 1. The number of carbonyl (C=O) groups excluding carboxylic acids is 1. The fraction of sp³-hybridized carbons (Fsp3) is 0.905. The Bertz CT molecular complexity index is 475. The average molecular weight is 527 g/mol. The Morgan fingerprint density at radius 1 is 1.21 bits per heavy atom. The molecular weight excluding hydrogens is 483 g/mol. The van der Waals surface area contributed by atoms with Crippen LogP contribution in [0.3, 0.4) is 0 Å². The fourth-order valence-corrected chi connectivity index (χ4v) is 3.22. The molecule has 1 saturated heterocycles. The first-order chi connectivity index (χ1) is 13.3. The average Bonchev–Trinajstić information content (AvgIpc) is 2.64. The molecule has 1 N–H and O–H groups in total. The van der Waals surface area contributed by atoms with Crippen LogP contribution in [0.2, 0.25) is 0 Å². The van der Waals surface area contributed by atoms with Crippen LogP contribution in [0, 0.1) is 5.92 Å². The van der Waals surface area contributed by atoms with Crippen molar-refractivity contribution in [1.29, 1.82) is 0 Å². The molecule has 8 heteroatoms. The zero-order valence-corrected chi connectivity index (χ0v) is 21.7. The van der Waals surface area contributed by atoms with Gasteiger partial charge in [-0.25, -0.2) is 4.79 Å². The summed E-state index contributed by atoms with van der Waals surface area (Å²) in [5.41, 5.74) is -0.451. The van der Waals surface area contributed by atoms with Crippen LogP contribution >= 0.6 is 24.0 Å². The lowest BCUT2D eigenvalue weighted by molar-refractivity contribution is 0.0214. The van der Waals surface area contributed by atoms with Crippen molar-refractivity contribution in [3.63, 3.8) is 0 Å². The number of likely N-dealkylation sites (tertiary alicyclic amines) is 1. The molecule has 1 amide bonds. The molecule has 1 fully saturated rings. The molecule has 1 rings (SSSR count). The first kappa shape index (κ1) is 28.2. The number of ether oxygens (including phenoxy) is 2. The second-order valence-electron chi connectivity index (χ2n) is 8.24. The molecule has 0 aliphatic carbocycles. The molecule has 0 bridgehead atoms. The van der Waals surface area contributed by atoms with E-state index in [4.69, 9.17) is 14.5 Å². The van der Waals surface area contributed by atoms with Gasteiger partial charge < -0.3 is 24.6 Å². The third-order valence-electron chi connectivity index (χ3n) is 4.67. The highest BCUT2D eigenvalue weighted by Gasteiger charge is 2.27. The van der Waals surface area contributed by atoms with Crippen molar-refractivity contribution in [1.82, 2.24) is 15.1 Å². The van der Waals surface area contributed by atoms with Crippen molar-refractivity contribution in [2.75, 3.05) is 52.5 Å². The molecule has 172 valence electrons. The maximum atomic E-state index is 12.4. The molecule has 7 nitrogen and oxygen atoms in total. The molecule has 0 atom stereocenters. The maximum absolute atomic E-state index is 12.4. The molecule has 0 saturated carbocycles. The van der Waals surface area contributed by atoms with E-state index < -0.39 is 5.60 Å². The molecule has 0 aromatic carbocycles. The molecule has 1 heterocycles. The summed E-state index contributed by atoms with van der Waals surface area (Å²) in [7, 11) is 0. The number of rotatable bonds is 9. The van der Waals surface area contributed by atoms with E-state index in [-0.39, 0.29) is 30.1 Å². The Hall–Kier alpha value is -0.770. The summed E-state index contributed by atoms with van der Waals surface area (Å²) in [5, 5.41) is 3.40. The third kappa shape index (κ3) is 11.9. The molecule has 1 aliphatic heterocycles. The van der Waals surface area contributed by atoms with E-state index in [1.807, 2.05) is 39.5 Å². The van der Waals surface area contributed by atoms with Gasteiger partial charge in [-0.3, -0.25) is 4.99 Å². The van der Waals surface area contributed by atoms with E-state index in [0.29, 0.717) is 12.5 Å². The summed E-state index contributed by atoms with van der Waals surface area (Å²) in [6, 6.07) is 0. The van der Waals surface area contributed by atoms with Crippen LogP contribution in [-0.4, -0.2) is 79.9 Å². The van der Waals surface area contributed by atoms with Gasteiger partial charge in [0.25, 0.3) is 0 Å². The zero-order valence-electron chi connectivity index (χ0n) is 19.3. The first-order valence-electron chi connectivity index (χ1n) is 10.9. The lowest BCUT2D eigenvalue weighted by Crippen LogP contribution is -2.48. The number of nitrogens with one attached hydrogen (secondary N) is 1. The fourth-order valence-electron chi connectivity index (χ4n) is 3.22. The normalized spacial score (nSPS) is 15.7. The topological polar surface area (TPSA) is 66.4 Å². The van der Waals surface area contributed by atoms with Gasteiger partial charge in [-0.05, 0) is 66.7 Å². The molecular formula is C21H43IN4O3. The van der Waals surface area contributed by atoms with Crippen LogP contribution in [0.5, 0.6) is 0 Å². The van der Waals surface area contributed by atoms with E-state index in [9.17, 15) is 4.79 Å². The van der Waals surface area contributed by atoms with E-state index in [1.165, 1.54) is 0 Å². The van der Waals surface area contributed by atoms with E-state index >= 15 is 0 Å². The van der Waals surface area contributed by atoms with Gasteiger partial charge in [-0.1, -0.05) is 0 Å². The largest absolute Gasteiger partial charge is 0.444 e. The minimum absolute atomic E-state index is 0. The smallest absolute Gasteiger partial charge is 0.410 e. The van der Waals surface area contributed by atoms with Crippen molar-refractivity contribution in [2.24, 2.45) is 10.9 Å². The van der Waals surface area contributed by atoms with Gasteiger partial charge in [0.05, 0.1) is 0 Å². The number of nitrogens with zero attached hydrogens (tertiary/aromatic N) is 3. The lowest BCUT2D eigenvalue weighted by atomic mass is 9.96. The minimum Gasteiger partial charge on any atom is -0.444 e. The predicted molar refractivity (Wildman–Crippen MR) is 130 cm³/mol. The molecule has 0 aromatic heterocycles. The number of halogens is 1. The second-order valence-corrected chi connectivity index (χ2v) is 8.24. The van der Waals surface area contributed by atoms with Crippen LogP contribution in [-0.2, 0) is 9.47 Å². The summed E-state index contributed by atoms with van der Waals surface area (Å²) >= 11 is 0. The SMILES string of the molecule is CCNC(=NCCCOCC)N1CCC(CN(CC)C(=O)OC(C)(C)C)CC1.I. The Morgan fingerprint density at radius 3 is 2.38 bits per heavy atom. The second kappa shape index (κ2) is 15.1. The van der Waals surface area contributed by atoms with Crippen molar-refractivity contribution < 1.29 is 14.3 Å². The van der Waals surface area contributed by atoms with E-state index in [0.717, 1.165) is 71.2 Å². The molecule has 0 spiro atoms. The number of amides is 1.